The number of aliphatic hydroxyl groups is 4. The van der Waals surface area contributed by atoms with E-state index in [4.69, 9.17) is 19.9 Å². The smallest absolute Gasteiger partial charge is 0.224 e. The van der Waals surface area contributed by atoms with Crippen LogP contribution in [0.1, 0.15) is 23.6 Å². The van der Waals surface area contributed by atoms with Gasteiger partial charge in [-0.2, -0.15) is 0 Å². The van der Waals surface area contributed by atoms with Gasteiger partial charge >= 0.3 is 0 Å². The fourth-order valence-electron chi connectivity index (χ4n) is 3.73. The van der Waals surface area contributed by atoms with Crippen molar-refractivity contribution < 1.29 is 34.6 Å². The third kappa shape index (κ3) is 4.15. The molecule has 0 saturated carbocycles. The number of rotatable bonds is 7. The number of hydrogen-bond donors (Lipinski definition) is 5. The van der Waals surface area contributed by atoms with Crippen LogP contribution in [0.3, 0.4) is 0 Å². The number of aliphatic hydroxyl groups excluding tert-OH is 4. The molecule has 1 fully saturated rings. The second-order valence-corrected chi connectivity index (χ2v) is 7.30. The Labute approximate surface area is 175 Å². The van der Waals surface area contributed by atoms with Crippen LogP contribution < -0.4 is 10.5 Å². The van der Waals surface area contributed by atoms with E-state index in [0.717, 1.165) is 16.9 Å². The Kier molecular flexibility index (Phi) is 6.97. The van der Waals surface area contributed by atoms with Crippen LogP contribution in [-0.2, 0) is 21.7 Å². The molecule has 1 heterocycles. The summed E-state index contributed by atoms with van der Waals surface area (Å²) in [5, 5.41) is 40.6. The molecule has 3 rings (SSSR count). The number of methoxy groups -OCH3 is 1. The molecule has 164 valence electrons. The molecule has 0 spiro atoms. The summed E-state index contributed by atoms with van der Waals surface area (Å²) in [6.07, 6.45) is -5.22. The molecule has 0 radical (unpaired) electrons. The largest absolute Gasteiger partial charge is 0.494 e. The zero-order valence-corrected chi connectivity index (χ0v) is 17.1. The lowest BCUT2D eigenvalue weighted by atomic mass is 9.86. The van der Waals surface area contributed by atoms with Gasteiger partial charge in [0.2, 0.25) is 5.79 Å². The predicted octanol–water partition coefficient (Wildman–Crippen LogP) is 0.531. The van der Waals surface area contributed by atoms with E-state index in [1.165, 1.54) is 7.11 Å². The third-order valence-electron chi connectivity index (χ3n) is 5.43. The Hall–Kier alpha value is -2.20. The molecule has 1 aliphatic heterocycles. The predicted molar refractivity (Wildman–Crippen MR) is 110 cm³/mol. The molecule has 1 aliphatic rings. The number of ether oxygens (including phenoxy) is 3. The van der Waals surface area contributed by atoms with Gasteiger partial charge in [0.1, 0.15) is 30.2 Å². The molecule has 2 aromatic carbocycles. The first-order valence-electron chi connectivity index (χ1n) is 9.85. The van der Waals surface area contributed by atoms with Crippen molar-refractivity contribution in [2.75, 3.05) is 26.1 Å². The molecule has 2 aromatic rings. The van der Waals surface area contributed by atoms with Crippen LogP contribution in [0.5, 0.6) is 5.75 Å². The maximum atomic E-state index is 10.7. The monoisotopic (exact) mass is 419 g/mol. The Bertz CT molecular complexity index is 842. The average molecular weight is 419 g/mol. The first-order chi connectivity index (χ1) is 14.4. The van der Waals surface area contributed by atoms with Gasteiger partial charge < -0.3 is 40.4 Å². The molecular weight excluding hydrogens is 390 g/mol. The zero-order valence-electron chi connectivity index (χ0n) is 17.1. The number of benzene rings is 2. The summed E-state index contributed by atoms with van der Waals surface area (Å²) in [6.45, 7) is 1.96. The number of anilines is 1. The van der Waals surface area contributed by atoms with E-state index in [0.29, 0.717) is 24.3 Å². The van der Waals surface area contributed by atoms with E-state index in [1.54, 1.807) is 18.2 Å². The van der Waals surface area contributed by atoms with Crippen molar-refractivity contribution in [3.8, 4) is 5.75 Å². The van der Waals surface area contributed by atoms with Gasteiger partial charge in [-0.25, -0.2) is 0 Å². The molecule has 6 N–H and O–H groups in total. The summed E-state index contributed by atoms with van der Waals surface area (Å²) >= 11 is 0. The van der Waals surface area contributed by atoms with Crippen molar-refractivity contribution in [3.05, 3.63) is 59.2 Å². The molecule has 0 bridgehead atoms. The Morgan fingerprint density at radius 1 is 1.07 bits per heavy atom. The Morgan fingerprint density at radius 2 is 1.77 bits per heavy atom. The van der Waals surface area contributed by atoms with Gasteiger partial charge in [-0.05, 0) is 48.7 Å². The van der Waals surface area contributed by atoms with Gasteiger partial charge in [0.15, 0.2) is 0 Å². The van der Waals surface area contributed by atoms with Crippen LogP contribution in [-0.4, -0.2) is 65.2 Å². The Morgan fingerprint density at radius 3 is 2.37 bits per heavy atom. The fraction of sp³-hybridized carbons (Fsp3) is 0.455. The lowest BCUT2D eigenvalue weighted by molar-refractivity contribution is -0.366. The van der Waals surface area contributed by atoms with E-state index >= 15 is 0 Å². The van der Waals surface area contributed by atoms with Crippen molar-refractivity contribution in [1.29, 1.82) is 0 Å². The van der Waals surface area contributed by atoms with Gasteiger partial charge in [0.05, 0.1) is 13.2 Å². The minimum Gasteiger partial charge on any atom is -0.494 e. The summed E-state index contributed by atoms with van der Waals surface area (Å²) in [5.41, 5.74) is 8.90. The number of nitrogen functional groups attached to an aromatic ring is 1. The van der Waals surface area contributed by atoms with E-state index in [9.17, 15) is 20.4 Å². The SMILES string of the molecule is CCOc1ccc(Cc2cc(C3(OC)O[C@H](CO)[C@@H](O)[C@H](O)[C@H]3O)ccc2N)cc1. The normalized spacial score (nSPS) is 29.0. The van der Waals surface area contributed by atoms with Gasteiger partial charge in [-0.3, -0.25) is 0 Å². The number of hydrogen-bond acceptors (Lipinski definition) is 8. The molecule has 8 heteroatoms. The lowest BCUT2D eigenvalue weighted by Gasteiger charge is -2.47. The second-order valence-electron chi connectivity index (χ2n) is 7.30. The highest BCUT2D eigenvalue weighted by Crippen LogP contribution is 2.40. The van der Waals surface area contributed by atoms with Crippen LogP contribution in [0.15, 0.2) is 42.5 Å². The minimum atomic E-state index is -1.77. The first kappa shape index (κ1) is 22.5. The fourth-order valence-corrected chi connectivity index (χ4v) is 3.73. The Balaban J connectivity index is 1.94. The maximum Gasteiger partial charge on any atom is 0.224 e. The van der Waals surface area contributed by atoms with Crippen molar-refractivity contribution in [1.82, 2.24) is 0 Å². The van der Waals surface area contributed by atoms with Crippen molar-refractivity contribution in [3.63, 3.8) is 0 Å². The van der Waals surface area contributed by atoms with Crippen LogP contribution in [0.2, 0.25) is 0 Å². The molecule has 0 aliphatic carbocycles. The minimum absolute atomic E-state index is 0.414. The van der Waals surface area contributed by atoms with Crippen LogP contribution >= 0.6 is 0 Å². The highest BCUT2D eigenvalue weighted by Gasteiger charge is 2.55. The molecule has 1 saturated heterocycles. The molecule has 30 heavy (non-hydrogen) atoms. The molecular formula is C22H29NO7. The van der Waals surface area contributed by atoms with E-state index in [-0.39, 0.29) is 0 Å². The summed E-state index contributed by atoms with van der Waals surface area (Å²) < 4.78 is 16.7. The first-order valence-corrected chi connectivity index (χ1v) is 9.85. The lowest BCUT2D eigenvalue weighted by Crippen LogP contribution is -2.64. The molecule has 8 nitrogen and oxygen atoms in total. The summed E-state index contributed by atoms with van der Waals surface area (Å²) in [4.78, 5) is 0. The van der Waals surface area contributed by atoms with Crippen LogP contribution in [0.25, 0.3) is 0 Å². The molecule has 1 unspecified atom stereocenters. The highest BCUT2D eigenvalue weighted by molar-refractivity contribution is 5.52. The summed E-state index contributed by atoms with van der Waals surface area (Å²) in [7, 11) is 1.32. The summed E-state index contributed by atoms with van der Waals surface area (Å²) in [5.74, 6) is -0.990. The zero-order chi connectivity index (χ0) is 21.9. The highest BCUT2D eigenvalue weighted by atomic mass is 16.7. The summed E-state index contributed by atoms with van der Waals surface area (Å²) in [6, 6.07) is 12.7. The quantitative estimate of drug-likeness (QED) is 0.410. The number of nitrogens with two attached hydrogens (primary N) is 1. The molecule has 5 atom stereocenters. The average Bonchev–Trinajstić information content (AvgIpc) is 2.76. The van der Waals surface area contributed by atoms with Crippen LogP contribution in [0, 0.1) is 0 Å². The molecule has 0 aromatic heterocycles. The van der Waals surface area contributed by atoms with Gasteiger partial charge in [0.25, 0.3) is 0 Å². The molecule has 0 amide bonds. The van der Waals surface area contributed by atoms with Crippen molar-refractivity contribution in [2.45, 2.75) is 43.5 Å². The van der Waals surface area contributed by atoms with E-state index < -0.39 is 36.8 Å². The topological polar surface area (TPSA) is 135 Å². The van der Waals surface area contributed by atoms with Gasteiger partial charge in [-0.15, -0.1) is 0 Å². The standard InChI is InChI=1S/C22H29NO7/c1-3-29-16-7-4-13(5-8-16)10-14-11-15(6-9-17(14)23)22(28-2)21(27)20(26)19(25)18(12-24)30-22/h4-9,11,18-21,24-27H,3,10,12,23H2,1-2H3/t18-,19-,20+,21-,22?/m1/s1. The van der Waals surface area contributed by atoms with E-state index in [2.05, 4.69) is 0 Å². The second kappa shape index (κ2) is 9.30. The van der Waals surface area contributed by atoms with Crippen molar-refractivity contribution >= 4 is 5.69 Å². The van der Waals surface area contributed by atoms with Gasteiger partial charge in [0, 0.05) is 18.4 Å². The van der Waals surface area contributed by atoms with Crippen LogP contribution in [0.4, 0.5) is 5.69 Å². The van der Waals surface area contributed by atoms with Gasteiger partial charge in [-0.1, -0.05) is 18.2 Å². The van der Waals surface area contributed by atoms with Crippen molar-refractivity contribution in [2.24, 2.45) is 0 Å². The third-order valence-corrected chi connectivity index (χ3v) is 5.43. The van der Waals surface area contributed by atoms with E-state index in [1.807, 2.05) is 31.2 Å². The maximum absolute atomic E-state index is 10.7.